The second-order valence-electron chi connectivity index (χ2n) is 8.48. The van der Waals surface area contributed by atoms with Gasteiger partial charge in [0.15, 0.2) is 0 Å². The molecule has 1 atom stereocenters. The van der Waals surface area contributed by atoms with Crippen LogP contribution in [-0.2, 0) is 0 Å². The average Bonchev–Trinajstić information content (AvgIpc) is 3.32. The molecule has 0 aromatic carbocycles. The third-order valence-electron chi connectivity index (χ3n) is 6.38. The summed E-state index contributed by atoms with van der Waals surface area (Å²) in [5, 5.41) is 12.7. The molecule has 0 radical (unpaired) electrons. The van der Waals surface area contributed by atoms with E-state index in [-0.39, 0.29) is 23.8 Å². The lowest BCUT2D eigenvalue weighted by Gasteiger charge is -2.26. The first-order valence-corrected chi connectivity index (χ1v) is 10.0. The standard InChI is InChI=1S/C20H33N5O2/c1-14-15(2)22-17(19(27)21-12-20(13-26)8-5-6-9-20)23-18(14)25-10-7-16(11-25)24(3)4/h16,26H,5-13H2,1-4H3,(H,21,27)/t16-/m1/s1. The summed E-state index contributed by atoms with van der Waals surface area (Å²) >= 11 is 0. The highest BCUT2D eigenvalue weighted by molar-refractivity contribution is 5.91. The molecular weight excluding hydrogens is 342 g/mol. The Bertz CT molecular complexity index is 685. The molecule has 2 heterocycles. The van der Waals surface area contributed by atoms with Gasteiger partial charge in [0.1, 0.15) is 5.82 Å². The van der Waals surface area contributed by atoms with Crippen molar-refractivity contribution in [3.8, 4) is 0 Å². The summed E-state index contributed by atoms with van der Waals surface area (Å²) in [5.74, 6) is 0.852. The Morgan fingerprint density at radius 2 is 2.00 bits per heavy atom. The molecule has 2 fully saturated rings. The van der Waals surface area contributed by atoms with Gasteiger partial charge in [-0.05, 0) is 47.2 Å². The van der Waals surface area contributed by atoms with Gasteiger partial charge in [0.05, 0.1) is 6.61 Å². The fraction of sp³-hybridized carbons (Fsp3) is 0.750. The molecule has 1 amide bonds. The number of carbonyl (C=O) groups is 1. The first kappa shape index (κ1) is 20.0. The van der Waals surface area contributed by atoms with Crippen LogP contribution in [0.15, 0.2) is 0 Å². The van der Waals surface area contributed by atoms with E-state index >= 15 is 0 Å². The molecule has 0 bridgehead atoms. The van der Waals surface area contributed by atoms with E-state index in [2.05, 4.69) is 39.2 Å². The maximum Gasteiger partial charge on any atom is 0.289 e. The molecule has 1 saturated carbocycles. The van der Waals surface area contributed by atoms with E-state index in [0.717, 1.165) is 62.3 Å². The Labute approximate surface area is 162 Å². The van der Waals surface area contributed by atoms with Crippen LogP contribution in [0.2, 0.25) is 0 Å². The normalized spacial score (nSPS) is 21.9. The Morgan fingerprint density at radius 3 is 2.59 bits per heavy atom. The number of nitrogens with zero attached hydrogens (tertiary/aromatic N) is 4. The minimum absolute atomic E-state index is 0.117. The van der Waals surface area contributed by atoms with Gasteiger partial charge in [-0.3, -0.25) is 4.79 Å². The van der Waals surface area contributed by atoms with Crippen LogP contribution in [0.25, 0.3) is 0 Å². The molecule has 1 aromatic rings. The molecule has 2 N–H and O–H groups in total. The molecule has 1 saturated heterocycles. The number of aliphatic hydroxyl groups is 1. The van der Waals surface area contributed by atoms with E-state index in [9.17, 15) is 9.90 Å². The van der Waals surface area contributed by atoms with Gasteiger partial charge in [0.2, 0.25) is 5.82 Å². The van der Waals surface area contributed by atoms with Crippen LogP contribution in [0.4, 0.5) is 5.82 Å². The number of anilines is 1. The number of amides is 1. The minimum atomic E-state index is -0.248. The molecule has 27 heavy (non-hydrogen) atoms. The van der Waals surface area contributed by atoms with Gasteiger partial charge in [0.25, 0.3) is 5.91 Å². The molecule has 150 valence electrons. The molecule has 1 aliphatic heterocycles. The topological polar surface area (TPSA) is 81.6 Å². The third-order valence-corrected chi connectivity index (χ3v) is 6.38. The number of likely N-dealkylation sites (N-methyl/N-ethyl adjacent to an activating group) is 1. The number of carbonyl (C=O) groups excluding carboxylic acids is 1. The van der Waals surface area contributed by atoms with E-state index in [4.69, 9.17) is 0 Å². The lowest BCUT2D eigenvalue weighted by Crippen LogP contribution is -2.39. The molecule has 0 unspecified atom stereocenters. The Hall–Kier alpha value is -1.73. The lowest BCUT2D eigenvalue weighted by atomic mass is 9.87. The minimum Gasteiger partial charge on any atom is -0.396 e. The van der Waals surface area contributed by atoms with Gasteiger partial charge in [-0.25, -0.2) is 9.97 Å². The van der Waals surface area contributed by atoms with Crippen LogP contribution in [0.5, 0.6) is 0 Å². The third kappa shape index (κ3) is 4.24. The number of aromatic nitrogens is 2. The number of hydrogen-bond donors (Lipinski definition) is 2. The van der Waals surface area contributed by atoms with E-state index in [0.29, 0.717) is 12.6 Å². The van der Waals surface area contributed by atoms with Crippen LogP contribution in [0, 0.1) is 19.3 Å². The monoisotopic (exact) mass is 375 g/mol. The van der Waals surface area contributed by atoms with Gasteiger partial charge in [0, 0.05) is 42.3 Å². The highest BCUT2D eigenvalue weighted by atomic mass is 16.3. The van der Waals surface area contributed by atoms with Crippen molar-refractivity contribution in [3.05, 3.63) is 17.1 Å². The van der Waals surface area contributed by atoms with Crippen LogP contribution < -0.4 is 10.2 Å². The fourth-order valence-corrected chi connectivity index (χ4v) is 4.24. The second kappa shape index (κ2) is 8.10. The zero-order valence-electron chi connectivity index (χ0n) is 17.1. The predicted molar refractivity (Wildman–Crippen MR) is 106 cm³/mol. The Kier molecular flexibility index (Phi) is 6.01. The van der Waals surface area contributed by atoms with Crippen molar-refractivity contribution in [1.82, 2.24) is 20.2 Å². The summed E-state index contributed by atoms with van der Waals surface area (Å²) in [4.78, 5) is 26.3. The maximum atomic E-state index is 12.7. The summed E-state index contributed by atoms with van der Waals surface area (Å²) in [7, 11) is 4.20. The predicted octanol–water partition coefficient (Wildman–Crippen LogP) is 1.52. The second-order valence-corrected chi connectivity index (χ2v) is 8.48. The van der Waals surface area contributed by atoms with Crippen LogP contribution >= 0.6 is 0 Å². The van der Waals surface area contributed by atoms with E-state index < -0.39 is 0 Å². The largest absolute Gasteiger partial charge is 0.396 e. The maximum absolute atomic E-state index is 12.7. The molecule has 7 heteroatoms. The number of nitrogens with one attached hydrogen (secondary N) is 1. The van der Waals surface area contributed by atoms with Crippen LogP contribution in [0.1, 0.15) is 54.0 Å². The summed E-state index contributed by atoms with van der Waals surface area (Å²) in [5.41, 5.74) is 1.70. The lowest BCUT2D eigenvalue weighted by molar-refractivity contribution is 0.0870. The fourth-order valence-electron chi connectivity index (χ4n) is 4.24. The summed E-state index contributed by atoms with van der Waals surface area (Å²) in [6, 6.07) is 0.503. The van der Waals surface area contributed by atoms with Crippen LogP contribution in [0.3, 0.4) is 0 Å². The molecule has 3 rings (SSSR count). The molecule has 0 spiro atoms. The average molecular weight is 376 g/mol. The molecule has 7 nitrogen and oxygen atoms in total. The van der Waals surface area contributed by atoms with Gasteiger partial charge < -0.3 is 20.2 Å². The number of rotatable bonds is 6. The molecule has 1 aromatic heterocycles. The molecule has 1 aliphatic carbocycles. The summed E-state index contributed by atoms with van der Waals surface area (Å²) in [6.45, 7) is 6.41. The quantitative estimate of drug-likeness (QED) is 0.785. The number of aryl methyl sites for hydroxylation is 1. The van der Waals surface area contributed by atoms with Gasteiger partial charge >= 0.3 is 0 Å². The van der Waals surface area contributed by atoms with Crippen LogP contribution in [-0.4, -0.2) is 72.3 Å². The van der Waals surface area contributed by atoms with Crippen molar-refractivity contribution in [2.45, 2.75) is 52.0 Å². The smallest absolute Gasteiger partial charge is 0.289 e. The van der Waals surface area contributed by atoms with Gasteiger partial charge in [-0.15, -0.1) is 0 Å². The Balaban J connectivity index is 1.74. The van der Waals surface area contributed by atoms with E-state index in [1.54, 1.807) is 0 Å². The first-order valence-electron chi connectivity index (χ1n) is 10.0. The molecule has 2 aliphatic rings. The number of hydrogen-bond acceptors (Lipinski definition) is 6. The van der Waals surface area contributed by atoms with E-state index in [1.165, 1.54) is 0 Å². The highest BCUT2D eigenvalue weighted by Gasteiger charge is 2.34. The first-order chi connectivity index (χ1) is 12.8. The van der Waals surface area contributed by atoms with Gasteiger partial charge in [-0.2, -0.15) is 0 Å². The Morgan fingerprint density at radius 1 is 1.30 bits per heavy atom. The van der Waals surface area contributed by atoms with Crippen molar-refractivity contribution in [2.75, 3.05) is 45.2 Å². The van der Waals surface area contributed by atoms with E-state index in [1.807, 2.05) is 13.8 Å². The van der Waals surface area contributed by atoms with Crippen molar-refractivity contribution in [2.24, 2.45) is 5.41 Å². The van der Waals surface area contributed by atoms with Crippen molar-refractivity contribution in [3.63, 3.8) is 0 Å². The zero-order chi connectivity index (χ0) is 19.6. The summed E-state index contributed by atoms with van der Waals surface area (Å²) in [6.07, 6.45) is 5.24. The van der Waals surface area contributed by atoms with Gasteiger partial charge in [-0.1, -0.05) is 12.8 Å². The van der Waals surface area contributed by atoms with Crippen molar-refractivity contribution >= 4 is 11.7 Å². The zero-order valence-corrected chi connectivity index (χ0v) is 17.1. The highest BCUT2D eigenvalue weighted by Crippen LogP contribution is 2.37. The van der Waals surface area contributed by atoms with Crippen molar-refractivity contribution < 1.29 is 9.90 Å². The SMILES string of the molecule is Cc1nc(C(=O)NCC2(CO)CCCC2)nc(N2CC[C@@H](N(C)C)C2)c1C. The van der Waals surface area contributed by atoms with Crippen molar-refractivity contribution in [1.29, 1.82) is 0 Å². The molecular formula is C20H33N5O2. The summed E-state index contributed by atoms with van der Waals surface area (Å²) < 4.78 is 0. The number of aliphatic hydroxyl groups excluding tert-OH is 1.